The lowest BCUT2D eigenvalue weighted by Crippen LogP contribution is -2.40. The number of pyridine rings is 1. The first-order valence-corrected chi connectivity index (χ1v) is 10.9. The van der Waals surface area contributed by atoms with E-state index in [0.717, 1.165) is 19.1 Å². The van der Waals surface area contributed by atoms with Crippen molar-refractivity contribution in [3.05, 3.63) is 59.4 Å². The van der Waals surface area contributed by atoms with Crippen LogP contribution in [-0.4, -0.2) is 54.1 Å². The Morgan fingerprint density at radius 2 is 2.00 bits per heavy atom. The second kappa shape index (κ2) is 11.5. The minimum absolute atomic E-state index is 0.00973. The fourth-order valence-electron chi connectivity index (χ4n) is 3.71. The molecule has 1 amide bonds. The van der Waals surface area contributed by atoms with Crippen LogP contribution in [-0.2, 0) is 0 Å². The molecular weight excluding hydrogens is 447 g/mol. The smallest absolute Gasteiger partial charge is 0.276 e. The van der Waals surface area contributed by atoms with Gasteiger partial charge in [0.2, 0.25) is 0 Å². The first-order valence-electron chi connectivity index (χ1n) is 10.9. The molecule has 11 heteroatoms. The van der Waals surface area contributed by atoms with E-state index in [1.54, 1.807) is 11.0 Å². The second-order valence-electron chi connectivity index (χ2n) is 7.92. The number of likely N-dealkylation sites (tertiary alicyclic amines) is 1. The summed E-state index contributed by atoms with van der Waals surface area (Å²) in [5, 5.41) is 13.0. The van der Waals surface area contributed by atoms with Gasteiger partial charge in [0, 0.05) is 30.9 Å². The van der Waals surface area contributed by atoms with Gasteiger partial charge in [0.05, 0.1) is 23.6 Å². The number of hydrogen-bond acceptors (Lipinski definition) is 7. The van der Waals surface area contributed by atoms with Crippen molar-refractivity contribution in [3.8, 4) is 11.3 Å². The number of allylic oxidation sites excluding steroid dienone is 1. The van der Waals surface area contributed by atoms with Gasteiger partial charge in [-0.3, -0.25) is 4.79 Å². The number of hydrogen-bond donors (Lipinski definition) is 5. The Bertz CT molecular complexity index is 1060. The quantitative estimate of drug-likeness (QED) is 0.373. The van der Waals surface area contributed by atoms with Crippen molar-refractivity contribution < 1.29 is 18.0 Å². The van der Waals surface area contributed by atoms with E-state index in [-0.39, 0.29) is 40.2 Å². The second-order valence-corrected chi connectivity index (χ2v) is 7.92. The van der Waals surface area contributed by atoms with Gasteiger partial charge in [-0.1, -0.05) is 12.1 Å². The lowest BCUT2D eigenvalue weighted by molar-refractivity contribution is 0.0962. The predicted molar refractivity (Wildman–Crippen MR) is 125 cm³/mol. The highest BCUT2D eigenvalue weighted by Crippen LogP contribution is 2.23. The molecule has 3 rings (SSSR count). The highest BCUT2D eigenvalue weighted by Gasteiger charge is 2.22. The van der Waals surface area contributed by atoms with Crippen LogP contribution in [0, 0.1) is 11.2 Å². The number of nitrogens with one attached hydrogen (secondary N) is 3. The van der Waals surface area contributed by atoms with Gasteiger partial charge in [-0.05, 0) is 43.5 Å². The van der Waals surface area contributed by atoms with E-state index < -0.39 is 24.7 Å². The molecule has 1 saturated heterocycles. The van der Waals surface area contributed by atoms with Crippen LogP contribution in [0.4, 0.5) is 18.9 Å². The van der Waals surface area contributed by atoms with Gasteiger partial charge in [0.25, 0.3) is 12.3 Å². The molecule has 1 aromatic heterocycles. The van der Waals surface area contributed by atoms with Gasteiger partial charge >= 0.3 is 0 Å². The zero-order chi connectivity index (χ0) is 24.7. The van der Waals surface area contributed by atoms with Crippen molar-refractivity contribution in [3.63, 3.8) is 0 Å². The average Bonchev–Trinajstić information content (AvgIpc) is 3.03. The Balaban J connectivity index is 1.93. The maximum Gasteiger partial charge on any atom is 0.276 e. The third-order valence-electron chi connectivity index (χ3n) is 5.45. The fourth-order valence-corrected chi connectivity index (χ4v) is 3.71. The average molecular weight is 476 g/mol. The van der Waals surface area contributed by atoms with Gasteiger partial charge in [-0.25, -0.2) is 18.2 Å². The molecule has 1 aromatic carbocycles. The monoisotopic (exact) mass is 475 g/mol. The van der Waals surface area contributed by atoms with Gasteiger partial charge in [-0.2, -0.15) is 0 Å². The molecule has 1 fully saturated rings. The molecule has 0 unspecified atom stereocenters. The Morgan fingerprint density at radius 3 is 2.71 bits per heavy atom. The molecule has 8 nitrogen and oxygen atoms in total. The van der Waals surface area contributed by atoms with Crippen LogP contribution in [0.5, 0.6) is 0 Å². The number of carbonyl (C=O) groups excluding carboxylic acids is 1. The van der Waals surface area contributed by atoms with E-state index in [9.17, 15) is 18.0 Å². The zero-order valence-electron chi connectivity index (χ0n) is 18.5. The standard InChI is InChI=1S/C23H28F3N7O/c24-16-6-2-1-5-15(16)18-8-7-17(29)21(31-18)23(34)32-19(12-27)22(30-13-20(25)26)33-10-3-4-14(28)9-11-33/h1-2,5-8,12,14,20,27,30H,3-4,9-11,13,28-29H2,(H,32,34)/b22-19-,27-12?/t14-/m1/s1. The minimum Gasteiger partial charge on any atom is -0.397 e. The predicted octanol–water partition coefficient (Wildman–Crippen LogP) is 2.69. The number of carbonyl (C=O) groups is 1. The molecule has 0 aliphatic carbocycles. The van der Waals surface area contributed by atoms with Crippen LogP contribution in [0.2, 0.25) is 0 Å². The first-order chi connectivity index (χ1) is 16.3. The van der Waals surface area contributed by atoms with E-state index >= 15 is 0 Å². The topological polar surface area (TPSA) is 133 Å². The Hall–Kier alpha value is -3.60. The summed E-state index contributed by atoms with van der Waals surface area (Å²) >= 11 is 0. The first kappa shape index (κ1) is 25.0. The summed E-state index contributed by atoms with van der Waals surface area (Å²) in [7, 11) is 0. The molecule has 182 valence electrons. The third-order valence-corrected chi connectivity index (χ3v) is 5.45. The van der Waals surface area contributed by atoms with Crippen LogP contribution < -0.4 is 22.1 Å². The van der Waals surface area contributed by atoms with Gasteiger partial charge in [0.15, 0.2) is 5.69 Å². The van der Waals surface area contributed by atoms with E-state index in [4.69, 9.17) is 16.9 Å². The molecule has 7 N–H and O–H groups in total. The summed E-state index contributed by atoms with van der Waals surface area (Å²) < 4.78 is 40.1. The van der Waals surface area contributed by atoms with Crippen LogP contribution in [0.3, 0.4) is 0 Å². The fraction of sp³-hybridized carbons (Fsp3) is 0.348. The number of anilines is 1. The number of alkyl halides is 2. The number of halogens is 3. The number of rotatable bonds is 8. The molecule has 2 heterocycles. The van der Waals surface area contributed by atoms with Gasteiger partial charge in [-0.15, -0.1) is 0 Å². The van der Waals surface area contributed by atoms with Crippen LogP contribution >= 0.6 is 0 Å². The molecule has 0 spiro atoms. The van der Waals surface area contributed by atoms with Crippen molar-refractivity contribution in [2.75, 3.05) is 25.4 Å². The summed E-state index contributed by atoms with van der Waals surface area (Å²) in [6, 6.07) is 8.89. The van der Waals surface area contributed by atoms with Crippen LogP contribution in [0.25, 0.3) is 11.3 Å². The van der Waals surface area contributed by atoms with E-state index in [1.165, 1.54) is 30.3 Å². The number of amides is 1. The maximum absolute atomic E-state index is 14.2. The molecule has 1 atom stereocenters. The summed E-state index contributed by atoms with van der Waals surface area (Å²) in [4.78, 5) is 19.1. The lowest BCUT2D eigenvalue weighted by atomic mass is 10.1. The van der Waals surface area contributed by atoms with Crippen LogP contribution in [0.15, 0.2) is 47.9 Å². The Morgan fingerprint density at radius 1 is 1.24 bits per heavy atom. The molecule has 1 aliphatic heterocycles. The summed E-state index contributed by atoms with van der Waals surface area (Å²) in [5.74, 6) is -1.07. The number of aromatic nitrogens is 1. The summed E-state index contributed by atoms with van der Waals surface area (Å²) in [5.41, 5.74) is 12.2. The van der Waals surface area contributed by atoms with Crippen molar-refractivity contribution in [2.24, 2.45) is 5.73 Å². The lowest BCUT2D eigenvalue weighted by Gasteiger charge is -2.28. The highest BCUT2D eigenvalue weighted by atomic mass is 19.3. The largest absolute Gasteiger partial charge is 0.397 e. The number of nitrogens with two attached hydrogens (primary N) is 2. The minimum atomic E-state index is -2.64. The van der Waals surface area contributed by atoms with E-state index in [1.807, 2.05) is 0 Å². The van der Waals surface area contributed by atoms with Crippen molar-refractivity contribution in [1.29, 1.82) is 5.41 Å². The molecule has 0 radical (unpaired) electrons. The zero-order valence-corrected chi connectivity index (χ0v) is 18.5. The molecule has 1 aliphatic rings. The van der Waals surface area contributed by atoms with Crippen molar-refractivity contribution >= 4 is 17.8 Å². The Labute approximate surface area is 195 Å². The Kier molecular flexibility index (Phi) is 8.47. The van der Waals surface area contributed by atoms with Crippen molar-refractivity contribution in [2.45, 2.75) is 31.7 Å². The molecule has 0 saturated carbocycles. The number of benzene rings is 1. The van der Waals surface area contributed by atoms with Crippen LogP contribution in [0.1, 0.15) is 29.8 Å². The molecule has 0 bridgehead atoms. The molecular formula is C23H28F3N7O. The molecule has 34 heavy (non-hydrogen) atoms. The van der Waals surface area contributed by atoms with E-state index in [2.05, 4.69) is 15.6 Å². The van der Waals surface area contributed by atoms with Gasteiger partial charge in [0.1, 0.15) is 11.6 Å². The van der Waals surface area contributed by atoms with Crippen molar-refractivity contribution in [1.82, 2.24) is 20.5 Å². The number of nitrogens with zero attached hydrogens (tertiary/aromatic N) is 2. The summed E-state index contributed by atoms with van der Waals surface area (Å²) in [6.45, 7) is 0.340. The highest BCUT2D eigenvalue weighted by molar-refractivity contribution is 6.01. The number of nitrogen functional groups attached to an aromatic ring is 1. The molecule has 2 aromatic rings. The third kappa shape index (κ3) is 6.25. The SMILES string of the molecule is N=C/C(NC(=O)c1nc(-c2ccccc2F)ccc1N)=C(\NCC(F)F)N1CCC[C@@H](N)CC1. The van der Waals surface area contributed by atoms with Gasteiger partial charge < -0.3 is 32.4 Å². The maximum atomic E-state index is 14.2. The normalized spacial score (nSPS) is 17.1. The summed E-state index contributed by atoms with van der Waals surface area (Å²) in [6.07, 6.45) is 0.390. The van der Waals surface area contributed by atoms with E-state index in [0.29, 0.717) is 19.5 Å².